The van der Waals surface area contributed by atoms with Gasteiger partial charge in [-0.2, -0.15) is 0 Å². The molecule has 126 valence electrons. The summed E-state index contributed by atoms with van der Waals surface area (Å²) in [5.74, 6) is 0.945. The van der Waals surface area contributed by atoms with E-state index in [1.165, 1.54) is 0 Å². The molecule has 23 heavy (non-hydrogen) atoms. The van der Waals surface area contributed by atoms with Crippen molar-refractivity contribution in [3.8, 4) is 0 Å². The minimum Gasteiger partial charge on any atom is -0.444 e. The number of likely N-dealkylation sites (tertiary alicyclic amines) is 1. The molecule has 0 atom stereocenters. The Hall–Kier alpha value is -1.63. The number of carbonyl (C=O) groups excluding carboxylic acids is 2. The summed E-state index contributed by atoms with van der Waals surface area (Å²) in [6.45, 7) is 7.36. The molecule has 7 heteroatoms. The Balaban J connectivity index is 1.67. The van der Waals surface area contributed by atoms with E-state index in [0.29, 0.717) is 18.7 Å². The highest BCUT2D eigenvalue weighted by Crippen LogP contribution is 2.44. The summed E-state index contributed by atoms with van der Waals surface area (Å²) in [6.07, 6.45) is 3.41. The fourth-order valence-electron chi connectivity index (χ4n) is 2.95. The SMILES string of the molecule is Cn1ccc(C(=O)N2CCSC23CN(C(=O)OC(C)(C)C)C3)c1. The molecule has 0 N–H and O–H groups in total. The lowest BCUT2D eigenvalue weighted by Crippen LogP contribution is -2.68. The molecule has 2 aliphatic rings. The molecule has 0 aliphatic carbocycles. The van der Waals surface area contributed by atoms with Gasteiger partial charge in [-0.3, -0.25) is 4.79 Å². The van der Waals surface area contributed by atoms with Crippen molar-refractivity contribution in [2.24, 2.45) is 7.05 Å². The van der Waals surface area contributed by atoms with Gasteiger partial charge in [-0.15, -0.1) is 11.8 Å². The van der Waals surface area contributed by atoms with Crippen LogP contribution in [0.3, 0.4) is 0 Å². The molecule has 1 aromatic rings. The third kappa shape index (κ3) is 3.06. The van der Waals surface area contributed by atoms with Crippen LogP contribution in [0.2, 0.25) is 0 Å². The van der Waals surface area contributed by atoms with E-state index in [-0.39, 0.29) is 16.9 Å². The molecule has 2 saturated heterocycles. The van der Waals surface area contributed by atoms with Gasteiger partial charge >= 0.3 is 6.09 Å². The van der Waals surface area contributed by atoms with Crippen LogP contribution in [-0.4, -0.2) is 62.2 Å². The Morgan fingerprint density at radius 2 is 2.00 bits per heavy atom. The normalized spacial score (nSPS) is 19.8. The topological polar surface area (TPSA) is 54.8 Å². The van der Waals surface area contributed by atoms with E-state index in [1.54, 1.807) is 16.7 Å². The van der Waals surface area contributed by atoms with E-state index in [9.17, 15) is 9.59 Å². The Morgan fingerprint density at radius 3 is 2.57 bits per heavy atom. The number of hydrogen-bond donors (Lipinski definition) is 0. The van der Waals surface area contributed by atoms with Crippen molar-refractivity contribution >= 4 is 23.8 Å². The summed E-state index contributed by atoms with van der Waals surface area (Å²) in [5, 5.41) is 0. The zero-order valence-corrected chi connectivity index (χ0v) is 14.9. The third-order valence-corrected chi connectivity index (χ3v) is 5.43. The lowest BCUT2D eigenvalue weighted by molar-refractivity contribution is -0.0181. The summed E-state index contributed by atoms with van der Waals surface area (Å²) < 4.78 is 7.27. The fraction of sp³-hybridized carbons (Fsp3) is 0.625. The minimum absolute atomic E-state index is 0.0411. The summed E-state index contributed by atoms with van der Waals surface area (Å²) in [6, 6.07) is 1.84. The molecule has 6 nitrogen and oxygen atoms in total. The predicted octanol–water partition coefficient (Wildman–Crippen LogP) is 2.16. The highest BCUT2D eigenvalue weighted by molar-refractivity contribution is 8.01. The smallest absolute Gasteiger partial charge is 0.410 e. The summed E-state index contributed by atoms with van der Waals surface area (Å²) in [4.78, 5) is 28.2. The van der Waals surface area contributed by atoms with Crippen molar-refractivity contribution in [3.63, 3.8) is 0 Å². The Labute approximate surface area is 140 Å². The molecule has 0 saturated carbocycles. The Morgan fingerprint density at radius 1 is 1.30 bits per heavy atom. The maximum atomic E-state index is 12.7. The zero-order chi connectivity index (χ0) is 16.8. The van der Waals surface area contributed by atoms with E-state index < -0.39 is 5.60 Å². The highest BCUT2D eigenvalue weighted by atomic mass is 32.2. The van der Waals surface area contributed by atoms with Crippen molar-refractivity contribution in [1.82, 2.24) is 14.4 Å². The Kier molecular flexibility index (Phi) is 3.86. The van der Waals surface area contributed by atoms with Gasteiger partial charge in [0.15, 0.2) is 0 Å². The van der Waals surface area contributed by atoms with Crippen LogP contribution in [0.15, 0.2) is 18.5 Å². The van der Waals surface area contributed by atoms with Crippen LogP contribution in [0, 0.1) is 0 Å². The first-order valence-electron chi connectivity index (χ1n) is 7.76. The summed E-state index contributed by atoms with van der Waals surface area (Å²) in [5.41, 5.74) is 0.201. The van der Waals surface area contributed by atoms with Crippen LogP contribution in [0.5, 0.6) is 0 Å². The molecule has 0 radical (unpaired) electrons. The lowest BCUT2D eigenvalue weighted by Gasteiger charge is -2.51. The first kappa shape index (κ1) is 16.2. The number of hydrogen-bond acceptors (Lipinski definition) is 4. The standard InChI is InChI=1S/C16H23N3O3S/c1-15(2,3)22-14(21)18-10-16(11-18)19(7-8-23-16)13(20)12-5-6-17(4)9-12/h5-6,9H,7-8,10-11H2,1-4H3. The van der Waals surface area contributed by atoms with E-state index in [4.69, 9.17) is 4.74 Å². The van der Waals surface area contributed by atoms with Crippen molar-refractivity contribution in [1.29, 1.82) is 0 Å². The molecule has 0 bridgehead atoms. The van der Waals surface area contributed by atoms with Crippen molar-refractivity contribution in [3.05, 3.63) is 24.0 Å². The van der Waals surface area contributed by atoms with E-state index in [2.05, 4.69) is 0 Å². The molecule has 2 amide bonds. The van der Waals surface area contributed by atoms with Crippen molar-refractivity contribution in [2.75, 3.05) is 25.4 Å². The van der Waals surface area contributed by atoms with E-state index >= 15 is 0 Å². The van der Waals surface area contributed by atoms with E-state index in [1.807, 2.05) is 55.7 Å². The van der Waals surface area contributed by atoms with Gasteiger partial charge in [0.05, 0.1) is 18.7 Å². The highest BCUT2D eigenvalue weighted by Gasteiger charge is 2.55. The van der Waals surface area contributed by atoms with Gasteiger partial charge in [-0.05, 0) is 26.8 Å². The van der Waals surface area contributed by atoms with Gasteiger partial charge in [0, 0.05) is 31.7 Å². The average Bonchev–Trinajstić information content (AvgIpc) is 2.99. The number of aryl methyl sites for hydroxylation is 1. The van der Waals surface area contributed by atoms with Crippen LogP contribution in [-0.2, 0) is 11.8 Å². The number of aromatic nitrogens is 1. The maximum absolute atomic E-state index is 12.7. The molecular weight excluding hydrogens is 314 g/mol. The van der Waals surface area contributed by atoms with Gasteiger partial charge in [-0.25, -0.2) is 4.79 Å². The second-order valence-electron chi connectivity index (χ2n) is 7.15. The first-order chi connectivity index (χ1) is 10.7. The van der Waals surface area contributed by atoms with Crippen LogP contribution in [0.4, 0.5) is 4.79 Å². The second-order valence-corrected chi connectivity index (χ2v) is 8.61. The molecular formula is C16H23N3O3S. The molecule has 2 fully saturated rings. The van der Waals surface area contributed by atoms with Crippen LogP contribution < -0.4 is 0 Å². The van der Waals surface area contributed by atoms with Crippen LogP contribution >= 0.6 is 11.8 Å². The van der Waals surface area contributed by atoms with Gasteiger partial charge in [0.1, 0.15) is 10.5 Å². The van der Waals surface area contributed by atoms with Gasteiger partial charge in [0.2, 0.25) is 0 Å². The Bertz CT molecular complexity index is 629. The molecule has 1 aromatic heterocycles. The van der Waals surface area contributed by atoms with Crippen molar-refractivity contribution in [2.45, 2.75) is 31.2 Å². The lowest BCUT2D eigenvalue weighted by atomic mass is 10.1. The number of ether oxygens (including phenoxy) is 1. The number of thioether (sulfide) groups is 1. The number of carbonyl (C=O) groups is 2. The number of rotatable bonds is 1. The zero-order valence-electron chi connectivity index (χ0n) is 14.0. The first-order valence-corrected chi connectivity index (χ1v) is 8.75. The molecule has 2 aliphatic heterocycles. The second kappa shape index (κ2) is 5.47. The molecule has 0 aromatic carbocycles. The molecule has 3 heterocycles. The molecule has 3 rings (SSSR count). The minimum atomic E-state index is -0.498. The van der Waals surface area contributed by atoms with Gasteiger partial charge in [-0.1, -0.05) is 0 Å². The monoisotopic (exact) mass is 337 g/mol. The predicted molar refractivity (Wildman–Crippen MR) is 89.4 cm³/mol. The van der Waals surface area contributed by atoms with Gasteiger partial charge in [0.25, 0.3) is 5.91 Å². The molecule has 1 spiro atoms. The molecule has 0 unspecified atom stereocenters. The maximum Gasteiger partial charge on any atom is 0.410 e. The summed E-state index contributed by atoms with van der Waals surface area (Å²) >= 11 is 1.76. The van der Waals surface area contributed by atoms with Crippen LogP contribution in [0.1, 0.15) is 31.1 Å². The quantitative estimate of drug-likeness (QED) is 0.788. The number of nitrogens with zero attached hydrogens (tertiary/aromatic N) is 3. The van der Waals surface area contributed by atoms with Crippen molar-refractivity contribution < 1.29 is 14.3 Å². The van der Waals surface area contributed by atoms with Gasteiger partial charge < -0.3 is 19.1 Å². The third-order valence-electron chi connectivity index (χ3n) is 4.03. The largest absolute Gasteiger partial charge is 0.444 e. The summed E-state index contributed by atoms with van der Waals surface area (Å²) in [7, 11) is 1.90. The van der Waals surface area contributed by atoms with Crippen LogP contribution in [0.25, 0.3) is 0 Å². The average molecular weight is 337 g/mol. The number of amides is 2. The van der Waals surface area contributed by atoms with E-state index in [0.717, 1.165) is 12.3 Å². The fourth-order valence-corrected chi connectivity index (χ4v) is 4.43.